The highest BCUT2D eigenvalue weighted by Crippen LogP contribution is 2.41. The molecule has 102 valence electrons. The Kier molecular flexibility index (Phi) is 3.39. The molecule has 3 N–H and O–H groups in total. The number of halogens is 1. The zero-order chi connectivity index (χ0) is 13.4. The minimum atomic E-state index is 0.144. The van der Waals surface area contributed by atoms with Crippen molar-refractivity contribution in [3.05, 3.63) is 28.2 Å². The van der Waals surface area contributed by atoms with Gasteiger partial charge in [0.25, 0.3) is 0 Å². The van der Waals surface area contributed by atoms with E-state index in [0.29, 0.717) is 0 Å². The fraction of sp³-hybridized carbons (Fsp3) is 0.500. The zero-order valence-corrected chi connectivity index (χ0v) is 12.3. The van der Waals surface area contributed by atoms with E-state index < -0.39 is 0 Å². The largest absolute Gasteiger partial charge is 0.409 e. The third-order valence-electron chi connectivity index (χ3n) is 4.42. The van der Waals surface area contributed by atoms with E-state index in [0.717, 1.165) is 35.0 Å². The number of rotatable bonds is 2. The van der Waals surface area contributed by atoms with Crippen LogP contribution in [-0.4, -0.2) is 24.1 Å². The van der Waals surface area contributed by atoms with Gasteiger partial charge in [0.15, 0.2) is 5.84 Å². The van der Waals surface area contributed by atoms with Crippen LogP contribution in [0.2, 0.25) is 0 Å². The van der Waals surface area contributed by atoms with Crippen molar-refractivity contribution in [1.82, 2.24) is 0 Å². The fourth-order valence-electron chi connectivity index (χ4n) is 3.41. The van der Waals surface area contributed by atoms with Crippen molar-refractivity contribution >= 4 is 27.5 Å². The minimum absolute atomic E-state index is 0.144. The Morgan fingerprint density at radius 3 is 2.58 bits per heavy atom. The molecule has 4 nitrogen and oxygen atoms in total. The third kappa shape index (κ3) is 2.31. The number of nitrogens with two attached hydrogens (primary N) is 1. The van der Waals surface area contributed by atoms with Crippen molar-refractivity contribution in [3.63, 3.8) is 0 Å². The molecule has 0 spiro atoms. The lowest BCUT2D eigenvalue weighted by atomic mass is 10.0. The fourth-order valence-corrected chi connectivity index (χ4v) is 4.04. The number of hydrogen-bond acceptors (Lipinski definition) is 3. The molecule has 1 aromatic rings. The van der Waals surface area contributed by atoms with Crippen LogP contribution in [0, 0.1) is 11.8 Å². The molecule has 1 aromatic carbocycles. The summed E-state index contributed by atoms with van der Waals surface area (Å²) >= 11 is 3.60. The van der Waals surface area contributed by atoms with Gasteiger partial charge in [-0.2, -0.15) is 0 Å². The number of fused-ring (bicyclic) bond motifs is 1. The van der Waals surface area contributed by atoms with Crippen molar-refractivity contribution < 1.29 is 5.21 Å². The monoisotopic (exact) mass is 323 g/mol. The average molecular weight is 324 g/mol. The average Bonchev–Trinajstić information content (AvgIpc) is 2.98. The molecule has 1 saturated heterocycles. The van der Waals surface area contributed by atoms with Crippen LogP contribution in [0.5, 0.6) is 0 Å². The second-order valence-corrected chi connectivity index (χ2v) is 6.36. The van der Waals surface area contributed by atoms with E-state index in [1.54, 1.807) is 0 Å². The summed E-state index contributed by atoms with van der Waals surface area (Å²) < 4.78 is 1.01. The molecule has 0 aromatic heterocycles. The normalized spacial score (nSPS) is 26.8. The van der Waals surface area contributed by atoms with Gasteiger partial charge in [-0.3, -0.25) is 0 Å². The summed E-state index contributed by atoms with van der Waals surface area (Å²) in [5.74, 6) is 1.89. The standard InChI is InChI=1S/C14H18BrN3O/c15-12-6-9(14(16)17-19)4-5-13(12)18-7-10-2-1-3-11(10)8-18/h4-6,10-11,19H,1-3,7-8H2,(H2,16,17). The summed E-state index contributed by atoms with van der Waals surface area (Å²) in [6, 6.07) is 5.88. The second-order valence-electron chi connectivity index (χ2n) is 5.51. The van der Waals surface area contributed by atoms with E-state index in [4.69, 9.17) is 10.9 Å². The minimum Gasteiger partial charge on any atom is -0.409 e. The maximum atomic E-state index is 8.71. The number of nitrogens with zero attached hydrogens (tertiary/aromatic N) is 2. The Bertz CT molecular complexity index is 505. The van der Waals surface area contributed by atoms with Gasteiger partial charge in [0.05, 0.1) is 5.69 Å². The SMILES string of the molecule is N/C(=N/O)c1ccc(N2CC3CCCC3C2)c(Br)c1. The lowest BCUT2D eigenvalue weighted by Gasteiger charge is -2.21. The summed E-state index contributed by atoms with van der Waals surface area (Å²) in [5, 5.41) is 11.7. The number of benzene rings is 1. The molecule has 2 fully saturated rings. The topological polar surface area (TPSA) is 61.9 Å². The summed E-state index contributed by atoms with van der Waals surface area (Å²) in [6.07, 6.45) is 4.15. The lowest BCUT2D eigenvalue weighted by molar-refractivity contribution is 0.318. The first-order valence-corrected chi connectivity index (χ1v) is 7.50. The molecule has 3 rings (SSSR count). The van der Waals surface area contributed by atoms with Gasteiger partial charge < -0.3 is 15.8 Å². The molecule has 1 saturated carbocycles. The summed E-state index contributed by atoms with van der Waals surface area (Å²) in [6.45, 7) is 2.32. The molecule has 1 heterocycles. The molecule has 1 aliphatic carbocycles. The van der Waals surface area contributed by atoms with Crippen molar-refractivity contribution in [2.45, 2.75) is 19.3 Å². The van der Waals surface area contributed by atoms with Gasteiger partial charge in [-0.15, -0.1) is 0 Å². The zero-order valence-electron chi connectivity index (χ0n) is 10.7. The van der Waals surface area contributed by atoms with Gasteiger partial charge in [-0.25, -0.2) is 0 Å². The summed E-state index contributed by atoms with van der Waals surface area (Å²) in [4.78, 5) is 2.45. The molecule has 0 bridgehead atoms. The number of anilines is 1. The number of hydrogen-bond donors (Lipinski definition) is 2. The Morgan fingerprint density at radius 2 is 2.00 bits per heavy atom. The van der Waals surface area contributed by atoms with Crippen molar-refractivity contribution in [2.75, 3.05) is 18.0 Å². The second kappa shape index (κ2) is 5.04. The van der Waals surface area contributed by atoms with Gasteiger partial charge >= 0.3 is 0 Å². The van der Waals surface area contributed by atoms with Crippen LogP contribution in [0.1, 0.15) is 24.8 Å². The quantitative estimate of drug-likeness (QED) is 0.381. The molecule has 0 amide bonds. The Balaban J connectivity index is 1.82. The molecule has 2 aliphatic rings. The van der Waals surface area contributed by atoms with Crippen LogP contribution < -0.4 is 10.6 Å². The molecule has 19 heavy (non-hydrogen) atoms. The van der Waals surface area contributed by atoms with Gasteiger partial charge in [0, 0.05) is 23.1 Å². The van der Waals surface area contributed by atoms with E-state index in [1.807, 2.05) is 12.1 Å². The van der Waals surface area contributed by atoms with Gasteiger partial charge in [-0.05, 0) is 58.8 Å². The van der Waals surface area contributed by atoms with Gasteiger partial charge in [-0.1, -0.05) is 11.6 Å². The van der Waals surface area contributed by atoms with Crippen LogP contribution in [0.15, 0.2) is 27.8 Å². The van der Waals surface area contributed by atoms with Crippen molar-refractivity contribution in [2.24, 2.45) is 22.7 Å². The van der Waals surface area contributed by atoms with E-state index in [9.17, 15) is 0 Å². The first-order chi connectivity index (χ1) is 9.19. The van der Waals surface area contributed by atoms with E-state index in [-0.39, 0.29) is 5.84 Å². The van der Waals surface area contributed by atoms with Gasteiger partial charge in [0.1, 0.15) is 0 Å². The highest BCUT2D eigenvalue weighted by molar-refractivity contribution is 9.10. The summed E-state index contributed by atoms with van der Waals surface area (Å²) in [5.41, 5.74) is 7.55. The molecule has 1 aliphatic heterocycles. The van der Waals surface area contributed by atoms with Gasteiger partial charge in [0.2, 0.25) is 0 Å². The number of oxime groups is 1. The third-order valence-corrected chi connectivity index (χ3v) is 5.05. The van der Waals surface area contributed by atoms with Crippen LogP contribution in [0.25, 0.3) is 0 Å². The highest BCUT2D eigenvalue weighted by atomic mass is 79.9. The van der Waals surface area contributed by atoms with E-state index in [2.05, 4.69) is 32.1 Å². The Morgan fingerprint density at radius 1 is 1.32 bits per heavy atom. The molecule has 2 unspecified atom stereocenters. The highest BCUT2D eigenvalue weighted by Gasteiger charge is 2.36. The first kappa shape index (κ1) is 12.8. The predicted octanol–water partition coefficient (Wildman–Crippen LogP) is 2.78. The van der Waals surface area contributed by atoms with Crippen LogP contribution in [-0.2, 0) is 0 Å². The van der Waals surface area contributed by atoms with Crippen LogP contribution in [0.4, 0.5) is 5.69 Å². The van der Waals surface area contributed by atoms with Crippen LogP contribution in [0.3, 0.4) is 0 Å². The molecule has 0 radical (unpaired) electrons. The van der Waals surface area contributed by atoms with Crippen molar-refractivity contribution in [3.8, 4) is 0 Å². The van der Waals surface area contributed by atoms with Crippen molar-refractivity contribution in [1.29, 1.82) is 0 Å². The Hall–Kier alpha value is -1.23. The summed E-state index contributed by atoms with van der Waals surface area (Å²) in [7, 11) is 0. The van der Waals surface area contributed by atoms with E-state index >= 15 is 0 Å². The molecular weight excluding hydrogens is 306 g/mol. The number of amidine groups is 1. The first-order valence-electron chi connectivity index (χ1n) is 6.71. The Labute approximate surface area is 121 Å². The molecule has 2 atom stereocenters. The smallest absolute Gasteiger partial charge is 0.170 e. The molecule has 5 heteroatoms. The molecular formula is C14H18BrN3O. The maximum Gasteiger partial charge on any atom is 0.170 e. The maximum absolute atomic E-state index is 8.71. The van der Waals surface area contributed by atoms with Crippen LogP contribution >= 0.6 is 15.9 Å². The lowest BCUT2D eigenvalue weighted by Crippen LogP contribution is -2.21. The predicted molar refractivity (Wildman–Crippen MR) is 79.7 cm³/mol. The van der Waals surface area contributed by atoms with E-state index in [1.165, 1.54) is 24.9 Å².